The smallest absolute Gasteiger partial charge is 0.0717 e. The van der Waals surface area contributed by atoms with E-state index in [1.165, 1.54) is 18.4 Å². The molecule has 0 radical (unpaired) electrons. The Morgan fingerprint density at radius 1 is 1.07 bits per heavy atom. The van der Waals surface area contributed by atoms with Crippen molar-refractivity contribution >= 4 is 0 Å². The van der Waals surface area contributed by atoms with Gasteiger partial charge < -0.3 is 4.74 Å². The van der Waals surface area contributed by atoms with E-state index in [0.717, 1.165) is 19.1 Å². The van der Waals surface area contributed by atoms with Crippen molar-refractivity contribution in [1.29, 1.82) is 0 Å². The molecular formula is C13H16O. The lowest BCUT2D eigenvalue weighted by atomic mass is 10.1. The van der Waals surface area contributed by atoms with Gasteiger partial charge >= 0.3 is 0 Å². The summed E-state index contributed by atoms with van der Waals surface area (Å²) in [4.78, 5) is 0. The summed E-state index contributed by atoms with van der Waals surface area (Å²) in [7, 11) is 0. The standard InChI is InChI=1S/C13H16O/c1-2-6-12(7-3-1)10-14-11-13-8-4-5-9-13/h1-7,13H,8-11H2. The van der Waals surface area contributed by atoms with Crippen LogP contribution >= 0.6 is 0 Å². The molecule has 14 heavy (non-hydrogen) atoms. The molecule has 1 heteroatoms. The molecule has 1 aromatic rings. The molecule has 0 bridgehead atoms. The molecule has 0 N–H and O–H groups in total. The normalized spacial score (nSPS) is 16.3. The van der Waals surface area contributed by atoms with E-state index < -0.39 is 0 Å². The summed E-state index contributed by atoms with van der Waals surface area (Å²) in [6.07, 6.45) is 6.87. The van der Waals surface area contributed by atoms with E-state index in [0.29, 0.717) is 0 Å². The predicted octanol–water partition coefficient (Wildman–Crippen LogP) is 3.17. The molecule has 1 nitrogen and oxygen atoms in total. The lowest BCUT2D eigenvalue weighted by molar-refractivity contribution is 0.0905. The quantitative estimate of drug-likeness (QED) is 0.659. The summed E-state index contributed by atoms with van der Waals surface area (Å²) in [5, 5.41) is 0. The molecule has 0 saturated heterocycles. The third-order valence-corrected chi connectivity index (χ3v) is 2.57. The molecule has 1 aliphatic rings. The number of allylic oxidation sites excluding steroid dienone is 2. The average molecular weight is 188 g/mol. The summed E-state index contributed by atoms with van der Waals surface area (Å²) in [5.41, 5.74) is 1.26. The summed E-state index contributed by atoms with van der Waals surface area (Å²) in [5.74, 6) is 0.721. The van der Waals surface area contributed by atoms with E-state index in [-0.39, 0.29) is 0 Å². The molecule has 0 spiro atoms. The van der Waals surface area contributed by atoms with Crippen molar-refractivity contribution in [2.45, 2.75) is 19.4 Å². The number of hydrogen-bond acceptors (Lipinski definition) is 1. The second-order valence-corrected chi connectivity index (χ2v) is 3.81. The third kappa shape index (κ3) is 2.71. The molecule has 0 unspecified atom stereocenters. The Labute approximate surface area is 85.4 Å². The highest BCUT2D eigenvalue weighted by Crippen LogP contribution is 2.18. The SMILES string of the molecule is C1=CCC(COCc2ccccc2)C1. The first kappa shape index (κ1) is 9.47. The minimum atomic E-state index is 0.721. The number of ether oxygens (including phenoxy) is 1. The zero-order chi connectivity index (χ0) is 9.64. The van der Waals surface area contributed by atoms with Crippen molar-refractivity contribution < 1.29 is 4.74 Å². The van der Waals surface area contributed by atoms with E-state index in [1.54, 1.807) is 0 Å². The number of rotatable bonds is 4. The van der Waals surface area contributed by atoms with Crippen LogP contribution in [0.15, 0.2) is 42.5 Å². The molecule has 0 atom stereocenters. The largest absolute Gasteiger partial charge is 0.376 e. The van der Waals surface area contributed by atoms with Crippen LogP contribution in [0.3, 0.4) is 0 Å². The first-order valence-electron chi connectivity index (χ1n) is 5.22. The minimum absolute atomic E-state index is 0.721. The Hall–Kier alpha value is -1.08. The predicted molar refractivity (Wildman–Crippen MR) is 58.0 cm³/mol. The topological polar surface area (TPSA) is 9.23 Å². The van der Waals surface area contributed by atoms with Crippen LogP contribution in [-0.4, -0.2) is 6.61 Å². The highest BCUT2D eigenvalue weighted by Gasteiger charge is 2.09. The number of benzene rings is 1. The van der Waals surface area contributed by atoms with Gasteiger partial charge in [-0.3, -0.25) is 0 Å². The molecule has 2 rings (SSSR count). The van der Waals surface area contributed by atoms with Gasteiger partial charge in [0.2, 0.25) is 0 Å². The monoisotopic (exact) mass is 188 g/mol. The van der Waals surface area contributed by atoms with E-state index in [4.69, 9.17) is 4.74 Å². The van der Waals surface area contributed by atoms with Gasteiger partial charge in [-0.2, -0.15) is 0 Å². The molecule has 0 heterocycles. The summed E-state index contributed by atoms with van der Waals surface area (Å²) in [6.45, 7) is 1.64. The molecule has 1 aliphatic carbocycles. The van der Waals surface area contributed by atoms with Crippen molar-refractivity contribution in [2.75, 3.05) is 6.61 Å². The first-order chi connectivity index (χ1) is 6.95. The zero-order valence-corrected chi connectivity index (χ0v) is 8.36. The Morgan fingerprint density at radius 3 is 2.50 bits per heavy atom. The van der Waals surface area contributed by atoms with Gasteiger partial charge in [-0.05, 0) is 24.3 Å². The summed E-state index contributed by atoms with van der Waals surface area (Å²) < 4.78 is 5.66. The van der Waals surface area contributed by atoms with Crippen molar-refractivity contribution in [2.24, 2.45) is 5.92 Å². The molecule has 0 fully saturated rings. The van der Waals surface area contributed by atoms with Gasteiger partial charge in [0.1, 0.15) is 0 Å². The van der Waals surface area contributed by atoms with Crippen LogP contribution in [0.25, 0.3) is 0 Å². The van der Waals surface area contributed by atoms with Gasteiger partial charge in [0.25, 0.3) is 0 Å². The molecule has 1 aromatic carbocycles. The fourth-order valence-corrected chi connectivity index (χ4v) is 1.73. The highest BCUT2D eigenvalue weighted by atomic mass is 16.5. The molecular weight excluding hydrogens is 172 g/mol. The van der Waals surface area contributed by atoms with E-state index >= 15 is 0 Å². The fourth-order valence-electron chi connectivity index (χ4n) is 1.73. The number of hydrogen-bond donors (Lipinski definition) is 0. The molecule has 0 amide bonds. The Kier molecular flexibility index (Phi) is 3.36. The van der Waals surface area contributed by atoms with Crippen LogP contribution in [-0.2, 0) is 11.3 Å². The van der Waals surface area contributed by atoms with Gasteiger partial charge in [-0.1, -0.05) is 42.5 Å². The van der Waals surface area contributed by atoms with Crippen LogP contribution in [0, 0.1) is 5.92 Å². The third-order valence-electron chi connectivity index (χ3n) is 2.57. The second kappa shape index (κ2) is 4.97. The summed E-state index contributed by atoms with van der Waals surface area (Å²) >= 11 is 0. The van der Waals surface area contributed by atoms with Crippen LogP contribution in [0.4, 0.5) is 0 Å². The van der Waals surface area contributed by atoms with Crippen molar-refractivity contribution in [1.82, 2.24) is 0 Å². The van der Waals surface area contributed by atoms with Crippen molar-refractivity contribution in [3.05, 3.63) is 48.0 Å². The van der Waals surface area contributed by atoms with Gasteiger partial charge in [-0.25, -0.2) is 0 Å². The minimum Gasteiger partial charge on any atom is -0.376 e. The Morgan fingerprint density at radius 2 is 1.79 bits per heavy atom. The Balaban J connectivity index is 1.68. The molecule has 74 valence electrons. The van der Waals surface area contributed by atoms with E-state index in [9.17, 15) is 0 Å². The molecule has 0 aromatic heterocycles. The Bertz CT molecular complexity index is 281. The van der Waals surface area contributed by atoms with Crippen LogP contribution in [0.5, 0.6) is 0 Å². The second-order valence-electron chi connectivity index (χ2n) is 3.81. The molecule has 0 saturated carbocycles. The lowest BCUT2D eigenvalue weighted by Gasteiger charge is -2.09. The molecule has 0 aliphatic heterocycles. The maximum absolute atomic E-state index is 5.66. The zero-order valence-electron chi connectivity index (χ0n) is 8.36. The highest BCUT2D eigenvalue weighted by molar-refractivity contribution is 5.13. The van der Waals surface area contributed by atoms with Gasteiger partial charge in [-0.15, -0.1) is 0 Å². The lowest BCUT2D eigenvalue weighted by Crippen LogP contribution is -2.05. The van der Waals surface area contributed by atoms with Gasteiger partial charge in [0.15, 0.2) is 0 Å². The maximum Gasteiger partial charge on any atom is 0.0717 e. The average Bonchev–Trinajstić information content (AvgIpc) is 2.72. The van der Waals surface area contributed by atoms with Crippen molar-refractivity contribution in [3.63, 3.8) is 0 Å². The van der Waals surface area contributed by atoms with E-state index in [1.807, 2.05) is 6.07 Å². The van der Waals surface area contributed by atoms with Gasteiger partial charge in [0, 0.05) is 0 Å². The van der Waals surface area contributed by atoms with Crippen LogP contribution in [0.2, 0.25) is 0 Å². The van der Waals surface area contributed by atoms with Crippen LogP contribution in [0.1, 0.15) is 18.4 Å². The first-order valence-corrected chi connectivity index (χ1v) is 5.22. The van der Waals surface area contributed by atoms with Gasteiger partial charge in [0.05, 0.1) is 13.2 Å². The fraction of sp³-hybridized carbons (Fsp3) is 0.385. The van der Waals surface area contributed by atoms with Crippen molar-refractivity contribution in [3.8, 4) is 0 Å². The van der Waals surface area contributed by atoms with E-state index in [2.05, 4.69) is 36.4 Å². The maximum atomic E-state index is 5.66. The van der Waals surface area contributed by atoms with Crippen LogP contribution < -0.4 is 0 Å². The summed E-state index contributed by atoms with van der Waals surface area (Å²) in [6, 6.07) is 10.3.